The molecule has 0 fully saturated rings. The first kappa shape index (κ1) is 24.7. The molecule has 34 heavy (non-hydrogen) atoms. The lowest BCUT2D eigenvalue weighted by Gasteiger charge is -2.45. The van der Waals surface area contributed by atoms with Crippen LogP contribution in [0.3, 0.4) is 0 Å². The average Bonchev–Trinajstić information content (AvgIpc) is 3.49. The van der Waals surface area contributed by atoms with Gasteiger partial charge in [0.25, 0.3) is 5.91 Å². The number of aryl methyl sites for hydroxylation is 1. The molecule has 0 spiro atoms. The van der Waals surface area contributed by atoms with Gasteiger partial charge in [0.1, 0.15) is 9.81 Å². The van der Waals surface area contributed by atoms with Crippen molar-refractivity contribution in [2.24, 2.45) is 0 Å². The van der Waals surface area contributed by atoms with E-state index in [0.717, 1.165) is 45.9 Å². The molecule has 2 aliphatic heterocycles. The summed E-state index contributed by atoms with van der Waals surface area (Å²) in [4.78, 5) is 41.6. The molecule has 2 aromatic rings. The van der Waals surface area contributed by atoms with Crippen molar-refractivity contribution in [3.05, 3.63) is 65.8 Å². The second-order valence-corrected chi connectivity index (χ2v) is 11.7. The molecule has 3 heterocycles. The highest BCUT2D eigenvalue weighted by Crippen LogP contribution is 2.56. The van der Waals surface area contributed by atoms with Crippen molar-refractivity contribution in [3.8, 4) is 0 Å². The number of carbonyl (C=O) groups excluding carboxylic acids is 3. The molecule has 4 rings (SSSR count). The largest absolute Gasteiger partial charge is 0.465 e. The van der Waals surface area contributed by atoms with Crippen LogP contribution in [0, 0.1) is 6.92 Å². The predicted molar refractivity (Wildman–Crippen MR) is 142 cm³/mol. The minimum atomic E-state index is -0.846. The van der Waals surface area contributed by atoms with Crippen molar-refractivity contribution in [3.63, 3.8) is 0 Å². The lowest BCUT2D eigenvalue weighted by molar-refractivity contribution is -0.138. The van der Waals surface area contributed by atoms with E-state index in [0.29, 0.717) is 14.0 Å². The standard InChI is InChI=1S/C24H21NO5S4/c1-12-8-9-14-13(11-12)16(23-33-17(21(27)29-4)18(34-23)22(28)30-5)19(31)24(2,3)25(14)20(26)15-7-6-10-32-15/h6-11H,1-5H3. The minimum absolute atomic E-state index is 0.133. The highest BCUT2D eigenvalue weighted by Gasteiger charge is 2.46. The van der Waals surface area contributed by atoms with E-state index in [1.807, 2.05) is 50.4 Å². The first-order valence-corrected chi connectivity index (χ1v) is 13.1. The van der Waals surface area contributed by atoms with Gasteiger partial charge in [0.2, 0.25) is 0 Å². The highest BCUT2D eigenvalue weighted by molar-refractivity contribution is 8.29. The van der Waals surface area contributed by atoms with Crippen LogP contribution in [0.25, 0.3) is 5.57 Å². The zero-order valence-electron chi connectivity index (χ0n) is 19.1. The van der Waals surface area contributed by atoms with Crippen LogP contribution >= 0.6 is 47.1 Å². The van der Waals surface area contributed by atoms with Crippen LogP contribution in [-0.2, 0) is 19.1 Å². The predicted octanol–water partition coefficient (Wildman–Crippen LogP) is 5.57. The van der Waals surface area contributed by atoms with Crippen molar-refractivity contribution >= 4 is 81.0 Å². The molecule has 10 heteroatoms. The number of thiophene rings is 1. The van der Waals surface area contributed by atoms with Gasteiger partial charge in [-0.25, -0.2) is 9.59 Å². The smallest absolute Gasteiger partial charge is 0.346 e. The molecule has 2 aliphatic rings. The first-order chi connectivity index (χ1) is 16.1. The molecule has 0 aliphatic carbocycles. The van der Waals surface area contributed by atoms with Gasteiger partial charge >= 0.3 is 11.9 Å². The van der Waals surface area contributed by atoms with E-state index < -0.39 is 17.5 Å². The van der Waals surface area contributed by atoms with Crippen molar-refractivity contribution in [1.29, 1.82) is 0 Å². The van der Waals surface area contributed by atoms with Crippen LogP contribution in [0.5, 0.6) is 0 Å². The van der Waals surface area contributed by atoms with E-state index in [2.05, 4.69) is 0 Å². The maximum absolute atomic E-state index is 13.6. The van der Waals surface area contributed by atoms with Gasteiger partial charge in [-0.3, -0.25) is 9.69 Å². The number of esters is 2. The van der Waals surface area contributed by atoms with Gasteiger partial charge in [-0.2, -0.15) is 0 Å². The van der Waals surface area contributed by atoms with Crippen LogP contribution in [0.2, 0.25) is 0 Å². The molecule has 0 unspecified atom stereocenters. The molecule has 0 N–H and O–H groups in total. The molecule has 1 aromatic heterocycles. The number of methoxy groups -OCH3 is 2. The second-order valence-electron chi connectivity index (χ2n) is 8.03. The second kappa shape index (κ2) is 9.33. The third kappa shape index (κ3) is 4.02. The number of hydrogen-bond acceptors (Lipinski definition) is 9. The summed E-state index contributed by atoms with van der Waals surface area (Å²) in [6.45, 7) is 5.78. The molecule has 176 valence electrons. The summed E-state index contributed by atoms with van der Waals surface area (Å²) in [5.74, 6) is -1.37. The molecule has 0 bridgehead atoms. The Kier molecular flexibility index (Phi) is 6.78. The summed E-state index contributed by atoms with van der Waals surface area (Å²) in [6, 6.07) is 9.49. The van der Waals surface area contributed by atoms with Gasteiger partial charge in [0.15, 0.2) is 0 Å². The molecule has 0 saturated heterocycles. The van der Waals surface area contributed by atoms with E-state index in [1.54, 1.807) is 11.0 Å². The van der Waals surface area contributed by atoms with Crippen molar-refractivity contribution in [1.82, 2.24) is 0 Å². The maximum atomic E-state index is 13.6. The zero-order valence-corrected chi connectivity index (χ0v) is 22.4. The van der Waals surface area contributed by atoms with E-state index in [4.69, 9.17) is 21.7 Å². The summed E-state index contributed by atoms with van der Waals surface area (Å²) in [5.41, 5.74) is 2.37. The third-order valence-corrected chi connectivity index (χ3v) is 9.60. The molecule has 0 atom stereocenters. The van der Waals surface area contributed by atoms with Gasteiger partial charge in [-0.1, -0.05) is 53.4 Å². The number of hydrogen-bond donors (Lipinski definition) is 0. The Balaban J connectivity index is 1.92. The molecular formula is C24H21NO5S4. The molecule has 1 aromatic carbocycles. The van der Waals surface area contributed by atoms with Gasteiger partial charge < -0.3 is 9.47 Å². The molecule has 0 radical (unpaired) electrons. The Morgan fingerprint density at radius 3 is 2.15 bits per heavy atom. The summed E-state index contributed by atoms with van der Waals surface area (Å²) >= 11 is 9.64. The highest BCUT2D eigenvalue weighted by atomic mass is 32.2. The number of anilines is 1. The zero-order chi connectivity index (χ0) is 24.8. The number of benzene rings is 1. The Bertz CT molecular complexity index is 1260. The number of amides is 1. The molecule has 0 saturated carbocycles. The summed E-state index contributed by atoms with van der Waals surface area (Å²) in [5, 5.41) is 1.87. The molecular weight excluding hydrogens is 511 g/mol. The van der Waals surface area contributed by atoms with Gasteiger partial charge in [-0.15, -0.1) is 11.3 Å². The first-order valence-electron chi connectivity index (χ1n) is 10.2. The van der Waals surface area contributed by atoms with Gasteiger partial charge in [0.05, 0.1) is 39.4 Å². The van der Waals surface area contributed by atoms with Crippen molar-refractivity contribution < 1.29 is 23.9 Å². The monoisotopic (exact) mass is 531 g/mol. The minimum Gasteiger partial charge on any atom is -0.465 e. The average molecular weight is 532 g/mol. The van der Waals surface area contributed by atoms with Crippen LogP contribution in [0.4, 0.5) is 5.69 Å². The summed E-state index contributed by atoms with van der Waals surface area (Å²) in [7, 11) is 2.53. The quantitative estimate of drug-likeness (QED) is 0.289. The topological polar surface area (TPSA) is 72.9 Å². The Labute approximate surface area is 215 Å². The van der Waals surface area contributed by atoms with Crippen molar-refractivity contribution in [2.45, 2.75) is 26.3 Å². The van der Waals surface area contributed by atoms with Crippen LogP contribution in [0.1, 0.15) is 34.6 Å². The lowest BCUT2D eigenvalue weighted by Crippen LogP contribution is -2.55. The Hall–Kier alpha value is -2.40. The van der Waals surface area contributed by atoms with Crippen LogP contribution < -0.4 is 4.90 Å². The van der Waals surface area contributed by atoms with Crippen molar-refractivity contribution in [2.75, 3.05) is 19.1 Å². The fraction of sp³-hybridized carbons (Fsp3) is 0.250. The number of nitrogens with zero attached hydrogens (tertiary/aromatic N) is 1. The third-order valence-electron chi connectivity index (χ3n) is 5.48. The van der Waals surface area contributed by atoms with E-state index >= 15 is 0 Å². The summed E-state index contributed by atoms with van der Waals surface area (Å²) < 4.78 is 10.5. The van der Waals surface area contributed by atoms with Gasteiger partial charge in [-0.05, 0) is 44.4 Å². The van der Waals surface area contributed by atoms with E-state index in [1.165, 1.54) is 25.6 Å². The number of thiocarbonyl (C=S) groups is 1. The van der Waals surface area contributed by atoms with Gasteiger partial charge in [0, 0.05) is 11.1 Å². The molecule has 6 nitrogen and oxygen atoms in total. The number of fused-ring (bicyclic) bond motifs is 1. The lowest BCUT2D eigenvalue weighted by atomic mass is 9.82. The normalized spacial score (nSPS) is 17.1. The number of rotatable bonds is 3. The maximum Gasteiger partial charge on any atom is 0.346 e. The van der Waals surface area contributed by atoms with E-state index in [9.17, 15) is 14.4 Å². The van der Waals surface area contributed by atoms with Crippen LogP contribution in [-0.4, -0.2) is 42.5 Å². The number of thioether (sulfide) groups is 2. The van der Waals surface area contributed by atoms with E-state index in [-0.39, 0.29) is 15.7 Å². The molecule has 1 amide bonds. The van der Waals surface area contributed by atoms with Crippen LogP contribution in [0.15, 0.2) is 49.8 Å². The number of carbonyl (C=O) groups is 3. The fourth-order valence-corrected chi connectivity index (χ4v) is 7.49. The Morgan fingerprint density at radius 2 is 1.62 bits per heavy atom. The fourth-order valence-electron chi connectivity index (χ4n) is 3.81. The SMILES string of the molecule is COC(=O)C1=C(C(=O)OC)SC(=C2C(=S)C(C)(C)N(C(=O)c3cccs3)c3ccc(C)cc32)S1. The number of ether oxygens (including phenoxy) is 2. The Morgan fingerprint density at radius 1 is 1.00 bits per heavy atom. The summed E-state index contributed by atoms with van der Waals surface area (Å²) in [6.07, 6.45) is 0.